The van der Waals surface area contributed by atoms with Crippen molar-refractivity contribution in [2.75, 3.05) is 0 Å². The Morgan fingerprint density at radius 3 is 2.35 bits per heavy atom. The Morgan fingerprint density at radius 1 is 1.08 bits per heavy atom. The van der Waals surface area contributed by atoms with Crippen LogP contribution in [0.1, 0.15) is 28.9 Å². The molecule has 7 heteroatoms. The Bertz CT molecular complexity index is 1020. The number of nitrogens with zero attached hydrogens (tertiary/aromatic N) is 1. The maximum Gasteiger partial charge on any atom is 0.241 e. The first-order chi connectivity index (χ1) is 12.4. The minimum Gasteiger partial charge on any atom is -0.444 e. The lowest BCUT2D eigenvalue weighted by atomic mass is 10.1. The summed E-state index contributed by atoms with van der Waals surface area (Å²) < 4.78 is 32.8. The van der Waals surface area contributed by atoms with Gasteiger partial charge in [-0.1, -0.05) is 42.5 Å². The van der Waals surface area contributed by atoms with E-state index in [9.17, 15) is 13.2 Å². The number of rotatable bonds is 6. The van der Waals surface area contributed by atoms with Crippen LogP contribution in [0.2, 0.25) is 0 Å². The molecule has 0 spiro atoms. The number of nitrogens with one attached hydrogen (secondary N) is 1. The van der Waals surface area contributed by atoms with Gasteiger partial charge >= 0.3 is 0 Å². The third-order valence-corrected chi connectivity index (χ3v) is 5.29. The number of Topliss-reactive ketones (excluding diaryl/α,β-unsaturated/α-hetero) is 1. The van der Waals surface area contributed by atoms with Crippen molar-refractivity contribution in [3.63, 3.8) is 0 Å². The van der Waals surface area contributed by atoms with Crippen molar-refractivity contribution in [3.8, 4) is 11.3 Å². The summed E-state index contributed by atoms with van der Waals surface area (Å²) in [5.41, 5.74) is 2.05. The van der Waals surface area contributed by atoms with Crippen molar-refractivity contribution >= 4 is 15.8 Å². The molecule has 6 nitrogen and oxygen atoms in total. The highest BCUT2D eigenvalue weighted by Crippen LogP contribution is 2.23. The van der Waals surface area contributed by atoms with Gasteiger partial charge in [-0.3, -0.25) is 4.79 Å². The third-order valence-electron chi connectivity index (χ3n) is 3.87. The number of carbonyl (C=O) groups excluding carboxylic acids is 1. The van der Waals surface area contributed by atoms with Gasteiger partial charge in [0.1, 0.15) is 11.5 Å². The fourth-order valence-electron chi connectivity index (χ4n) is 2.50. The number of carbonyl (C=O) groups is 1. The van der Waals surface area contributed by atoms with Crippen LogP contribution in [0.3, 0.4) is 0 Å². The zero-order chi connectivity index (χ0) is 18.7. The maximum atomic E-state index is 12.4. The van der Waals surface area contributed by atoms with Crippen molar-refractivity contribution in [1.29, 1.82) is 0 Å². The molecule has 0 amide bonds. The molecule has 0 bridgehead atoms. The van der Waals surface area contributed by atoms with Gasteiger partial charge in [-0.15, -0.1) is 0 Å². The number of aryl methyl sites for hydroxylation is 1. The molecule has 3 aromatic rings. The van der Waals surface area contributed by atoms with Crippen molar-refractivity contribution < 1.29 is 17.6 Å². The van der Waals surface area contributed by atoms with E-state index in [1.165, 1.54) is 31.2 Å². The minimum absolute atomic E-state index is 0.0650. The molecule has 0 aliphatic carbocycles. The average Bonchev–Trinajstić information content (AvgIpc) is 3.02. The van der Waals surface area contributed by atoms with E-state index in [1.807, 2.05) is 30.3 Å². The van der Waals surface area contributed by atoms with E-state index in [-0.39, 0.29) is 23.1 Å². The maximum absolute atomic E-state index is 12.4. The van der Waals surface area contributed by atoms with Crippen LogP contribution in [-0.4, -0.2) is 19.2 Å². The molecule has 0 aliphatic heterocycles. The predicted octanol–water partition coefficient (Wildman–Crippen LogP) is 3.33. The van der Waals surface area contributed by atoms with Crippen LogP contribution in [0, 0.1) is 6.92 Å². The first-order valence-corrected chi connectivity index (χ1v) is 9.47. The average molecular weight is 370 g/mol. The summed E-state index contributed by atoms with van der Waals surface area (Å²) in [6, 6.07) is 15.3. The van der Waals surface area contributed by atoms with Crippen LogP contribution in [0.15, 0.2) is 63.9 Å². The van der Waals surface area contributed by atoms with E-state index < -0.39 is 10.0 Å². The molecular formula is C19H18N2O4S. The van der Waals surface area contributed by atoms with Crippen LogP contribution in [-0.2, 0) is 16.6 Å². The van der Waals surface area contributed by atoms with E-state index in [1.54, 1.807) is 6.92 Å². The second kappa shape index (κ2) is 7.23. The summed E-state index contributed by atoms with van der Waals surface area (Å²) in [7, 11) is -3.73. The van der Waals surface area contributed by atoms with Gasteiger partial charge in [0, 0.05) is 11.1 Å². The molecule has 0 atom stereocenters. The Hall–Kier alpha value is -2.77. The number of hydrogen-bond acceptors (Lipinski definition) is 5. The second-order valence-corrected chi connectivity index (χ2v) is 7.55. The summed E-state index contributed by atoms with van der Waals surface area (Å²) >= 11 is 0. The van der Waals surface area contributed by atoms with Crippen molar-refractivity contribution in [2.45, 2.75) is 25.3 Å². The van der Waals surface area contributed by atoms with Gasteiger partial charge in [0.05, 0.1) is 11.4 Å². The molecule has 0 saturated carbocycles. The smallest absolute Gasteiger partial charge is 0.241 e. The normalized spacial score (nSPS) is 11.5. The lowest BCUT2D eigenvalue weighted by molar-refractivity contribution is 0.101. The molecule has 2 aromatic carbocycles. The zero-order valence-corrected chi connectivity index (χ0v) is 15.2. The molecule has 1 N–H and O–H groups in total. The van der Waals surface area contributed by atoms with Crippen LogP contribution < -0.4 is 4.72 Å². The molecule has 0 fully saturated rings. The molecule has 3 rings (SSSR count). The summed E-state index contributed by atoms with van der Waals surface area (Å²) in [6.07, 6.45) is 0. The predicted molar refractivity (Wildman–Crippen MR) is 97.1 cm³/mol. The highest BCUT2D eigenvalue weighted by atomic mass is 32.2. The SMILES string of the molecule is CC(=O)c1ccc(S(=O)(=O)NCc2nc(-c3ccccc3)c(C)o2)cc1. The topological polar surface area (TPSA) is 89.3 Å². The fraction of sp³-hybridized carbons (Fsp3) is 0.158. The van der Waals surface area contributed by atoms with Crippen molar-refractivity contribution in [3.05, 3.63) is 71.8 Å². The Morgan fingerprint density at radius 2 is 1.73 bits per heavy atom. The van der Waals surface area contributed by atoms with Crippen LogP contribution in [0.5, 0.6) is 0 Å². The number of ketones is 1. The summed E-state index contributed by atoms with van der Waals surface area (Å²) in [6.45, 7) is 3.15. The van der Waals surface area contributed by atoms with E-state index in [0.29, 0.717) is 17.0 Å². The van der Waals surface area contributed by atoms with Crippen molar-refractivity contribution in [2.24, 2.45) is 0 Å². The molecule has 1 aromatic heterocycles. The van der Waals surface area contributed by atoms with E-state index in [2.05, 4.69) is 9.71 Å². The number of oxazole rings is 1. The van der Waals surface area contributed by atoms with Crippen molar-refractivity contribution in [1.82, 2.24) is 9.71 Å². The minimum atomic E-state index is -3.73. The number of aromatic nitrogens is 1. The monoisotopic (exact) mass is 370 g/mol. The van der Waals surface area contributed by atoms with E-state index >= 15 is 0 Å². The number of hydrogen-bond donors (Lipinski definition) is 1. The molecule has 0 saturated heterocycles. The third kappa shape index (κ3) is 3.89. The van der Waals surface area contributed by atoms with Gasteiger partial charge in [-0.05, 0) is 26.0 Å². The van der Waals surface area contributed by atoms with Crippen LogP contribution >= 0.6 is 0 Å². The van der Waals surface area contributed by atoms with Crippen LogP contribution in [0.25, 0.3) is 11.3 Å². The molecule has 134 valence electrons. The molecule has 0 aliphatic rings. The van der Waals surface area contributed by atoms with E-state index in [4.69, 9.17) is 4.42 Å². The summed E-state index contributed by atoms with van der Waals surface area (Å²) in [4.78, 5) is 15.7. The molecule has 0 radical (unpaired) electrons. The zero-order valence-electron chi connectivity index (χ0n) is 14.4. The molecule has 0 unspecified atom stereocenters. The van der Waals surface area contributed by atoms with Gasteiger partial charge in [-0.2, -0.15) is 0 Å². The fourth-order valence-corrected chi connectivity index (χ4v) is 3.47. The lowest BCUT2D eigenvalue weighted by Gasteiger charge is -2.05. The number of benzene rings is 2. The summed E-state index contributed by atoms with van der Waals surface area (Å²) in [5.74, 6) is 0.784. The van der Waals surface area contributed by atoms with Gasteiger partial charge in [0.2, 0.25) is 15.9 Å². The molecule has 1 heterocycles. The Labute approximate surface area is 151 Å². The highest BCUT2D eigenvalue weighted by Gasteiger charge is 2.17. The number of sulfonamides is 1. The van der Waals surface area contributed by atoms with E-state index in [0.717, 1.165) is 5.56 Å². The van der Waals surface area contributed by atoms with Gasteiger partial charge in [0.25, 0.3) is 0 Å². The quantitative estimate of drug-likeness (QED) is 0.672. The van der Waals surface area contributed by atoms with Gasteiger partial charge in [-0.25, -0.2) is 18.1 Å². The first kappa shape index (κ1) is 18.0. The second-order valence-electron chi connectivity index (χ2n) is 5.78. The standard InChI is InChI=1S/C19H18N2O4S/c1-13(22)15-8-10-17(11-9-15)26(23,24)20-12-18-21-19(14(2)25-18)16-6-4-3-5-7-16/h3-11,20H,12H2,1-2H3. The molecular weight excluding hydrogens is 352 g/mol. The first-order valence-electron chi connectivity index (χ1n) is 7.99. The highest BCUT2D eigenvalue weighted by molar-refractivity contribution is 7.89. The van der Waals surface area contributed by atoms with Gasteiger partial charge < -0.3 is 4.42 Å². The van der Waals surface area contributed by atoms with Crippen LogP contribution in [0.4, 0.5) is 0 Å². The summed E-state index contributed by atoms with van der Waals surface area (Å²) in [5, 5.41) is 0. The van der Waals surface area contributed by atoms with Gasteiger partial charge in [0.15, 0.2) is 5.78 Å². The lowest BCUT2D eigenvalue weighted by Crippen LogP contribution is -2.23. The Balaban J connectivity index is 1.75. The largest absolute Gasteiger partial charge is 0.444 e. The Kier molecular flexibility index (Phi) is 5.01. The molecule has 26 heavy (non-hydrogen) atoms.